The van der Waals surface area contributed by atoms with Crippen molar-refractivity contribution in [3.8, 4) is 0 Å². The first-order valence-corrected chi connectivity index (χ1v) is 4.57. The molecule has 0 saturated heterocycles. The molecule has 0 saturated carbocycles. The van der Waals surface area contributed by atoms with E-state index >= 15 is 0 Å². The second-order valence-corrected chi connectivity index (χ2v) is 4.02. The van der Waals surface area contributed by atoms with E-state index in [0.717, 1.165) is 38.2 Å². The predicted molar refractivity (Wildman–Crippen MR) is 38.2 cm³/mol. The summed E-state index contributed by atoms with van der Waals surface area (Å²) >= 11 is 0.853. The van der Waals surface area contributed by atoms with Crippen molar-refractivity contribution in [3.63, 3.8) is 0 Å². The number of hydrogen-bond donors (Lipinski definition) is 0. The second-order valence-electron chi connectivity index (χ2n) is 2.12. The average molecular weight is 265 g/mol. The molecule has 0 unspecified atom stereocenters. The van der Waals surface area contributed by atoms with Crippen LogP contribution in [-0.4, -0.2) is 22.5 Å². The van der Waals surface area contributed by atoms with Gasteiger partial charge in [0.2, 0.25) is 0 Å². The number of benzene rings is 1. The molecule has 0 nitrogen and oxygen atoms in total. The molecule has 1 aromatic rings. The molecule has 0 aliphatic carbocycles. The molecule has 2 radical (unpaired) electrons. The van der Waals surface area contributed by atoms with Gasteiger partial charge in [-0.25, -0.2) is 0 Å². The molecule has 0 bridgehead atoms. The average Bonchev–Trinajstić information content (AvgIpc) is 1.86. The Morgan fingerprint density at radius 1 is 1.00 bits per heavy atom. The van der Waals surface area contributed by atoms with E-state index in [1.54, 1.807) is 0 Å². The number of halogens is 3. The van der Waals surface area contributed by atoms with Crippen LogP contribution in [0.5, 0.6) is 0 Å². The molecule has 58 valence electrons. The van der Waals surface area contributed by atoms with Crippen molar-refractivity contribution in [2.75, 3.05) is 0 Å². The van der Waals surface area contributed by atoms with Crippen LogP contribution in [0.15, 0.2) is 24.3 Å². The third-order valence-electron chi connectivity index (χ3n) is 1.24. The molecule has 1 rings (SSSR count). The van der Waals surface area contributed by atoms with E-state index in [0.29, 0.717) is 0 Å². The standard InChI is InChI=1S/C7H4F3.Sn.H/c8-7(9,10)6-4-2-1-3-5-6;;/h2-5H;;. The van der Waals surface area contributed by atoms with E-state index in [-0.39, 0.29) is 0 Å². The summed E-state index contributed by atoms with van der Waals surface area (Å²) in [5.41, 5.74) is -0.574. The Balaban J connectivity index is 2.99. The van der Waals surface area contributed by atoms with Crippen molar-refractivity contribution in [1.82, 2.24) is 0 Å². The van der Waals surface area contributed by atoms with Crippen LogP contribution in [-0.2, 0) is 6.18 Å². The van der Waals surface area contributed by atoms with Crippen LogP contribution in [0.3, 0.4) is 0 Å². The number of rotatable bonds is 0. The molecular formula is C7H5F3Sn. The first-order valence-electron chi connectivity index (χ1n) is 2.93. The fourth-order valence-corrected chi connectivity index (χ4v) is 1.22. The van der Waals surface area contributed by atoms with E-state index in [4.69, 9.17) is 0 Å². The Kier molecular flexibility index (Phi) is 2.46. The molecule has 0 aliphatic rings. The normalized spacial score (nSPS) is 11.6. The molecule has 0 N–H and O–H groups in total. The maximum atomic E-state index is 11.9. The quantitative estimate of drug-likeness (QED) is 0.619. The van der Waals surface area contributed by atoms with Crippen LogP contribution in [0.2, 0.25) is 0 Å². The molecule has 11 heavy (non-hydrogen) atoms. The third-order valence-corrected chi connectivity index (χ3v) is 2.34. The first kappa shape index (κ1) is 8.90. The Bertz CT molecular complexity index is 237. The van der Waals surface area contributed by atoms with Crippen molar-refractivity contribution >= 4 is 26.1 Å². The van der Waals surface area contributed by atoms with Crippen LogP contribution >= 0.6 is 0 Å². The summed E-state index contributed by atoms with van der Waals surface area (Å²) in [6.45, 7) is 0. The van der Waals surface area contributed by atoms with Crippen molar-refractivity contribution in [2.45, 2.75) is 6.18 Å². The summed E-state index contributed by atoms with van der Waals surface area (Å²) in [5, 5.41) is 0. The van der Waals surface area contributed by atoms with E-state index in [9.17, 15) is 13.2 Å². The monoisotopic (exact) mass is 266 g/mol. The van der Waals surface area contributed by atoms with Gasteiger partial charge in [0.25, 0.3) is 0 Å². The maximum absolute atomic E-state index is 11.9. The molecule has 0 spiro atoms. The Labute approximate surface area is 75.5 Å². The summed E-state index contributed by atoms with van der Waals surface area (Å²) in [5.74, 6) is 0. The zero-order valence-electron chi connectivity index (χ0n) is 5.52. The molecular weight excluding hydrogens is 260 g/mol. The van der Waals surface area contributed by atoms with Crippen molar-refractivity contribution in [3.05, 3.63) is 29.8 Å². The SMILES string of the molecule is FC(F)(F)c1cc[c]([SnH])cc1. The van der Waals surface area contributed by atoms with E-state index in [1.165, 1.54) is 12.1 Å². The van der Waals surface area contributed by atoms with Gasteiger partial charge in [-0.15, -0.1) is 0 Å². The van der Waals surface area contributed by atoms with Gasteiger partial charge < -0.3 is 0 Å². The molecule has 0 aromatic heterocycles. The van der Waals surface area contributed by atoms with Gasteiger partial charge in [-0.3, -0.25) is 0 Å². The molecule has 0 heterocycles. The fourth-order valence-electron chi connectivity index (χ4n) is 0.672. The van der Waals surface area contributed by atoms with Gasteiger partial charge in [-0.05, 0) is 0 Å². The molecule has 0 atom stereocenters. The predicted octanol–water partition coefficient (Wildman–Crippen LogP) is 1.23. The van der Waals surface area contributed by atoms with Crippen LogP contribution in [0, 0.1) is 0 Å². The Morgan fingerprint density at radius 2 is 1.45 bits per heavy atom. The fraction of sp³-hybridized carbons (Fsp3) is 0.143. The van der Waals surface area contributed by atoms with Gasteiger partial charge in [0.1, 0.15) is 0 Å². The van der Waals surface area contributed by atoms with Gasteiger partial charge in [0.15, 0.2) is 0 Å². The molecule has 1 aromatic carbocycles. The number of alkyl halides is 3. The number of hydrogen-bond acceptors (Lipinski definition) is 0. The van der Waals surface area contributed by atoms with Crippen molar-refractivity contribution in [2.24, 2.45) is 0 Å². The van der Waals surface area contributed by atoms with Gasteiger partial charge >= 0.3 is 75.3 Å². The van der Waals surface area contributed by atoms with Crippen molar-refractivity contribution < 1.29 is 13.2 Å². The topological polar surface area (TPSA) is 0 Å². The van der Waals surface area contributed by atoms with Crippen LogP contribution in [0.25, 0.3) is 0 Å². The zero-order valence-corrected chi connectivity index (χ0v) is 8.82. The van der Waals surface area contributed by atoms with Gasteiger partial charge in [-0.1, -0.05) is 0 Å². The van der Waals surface area contributed by atoms with Crippen LogP contribution in [0.1, 0.15) is 5.56 Å². The summed E-state index contributed by atoms with van der Waals surface area (Å²) in [6, 6.07) is 5.23. The zero-order chi connectivity index (χ0) is 8.48. The van der Waals surface area contributed by atoms with Crippen LogP contribution < -0.4 is 3.58 Å². The van der Waals surface area contributed by atoms with E-state index < -0.39 is 11.7 Å². The Morgan fingerprint density at radius 3 is 1.82 bits per heavy atom. The first-order chi connectivity index (χ1) is 5.00. The minimum absolute atomic E-state index is 0.574. The van der Waals surface area contributed by atoms with E-state index in [1.807, 2.05) is 0 Å². The molecule has 0 fully saturated rings. The summed E-state index contributed by atoms with van der Waals surface area (Å²) in [6.07, 6.45) is -4.20. The Hall–Kier alpha value is -0.191. The van der Waals surface area contributed by atoms with Gasteiger partial charge in [0, 0.05) is 0 Å². The second kappa shape index (κ2) is 3.05. The minimum atomic E-state index is -4.20. The van der Waals surface area contributed by atoms with Gasteiger partial charge in [-0.2, -0.15) is 0 Å². The molecule has 0 amide bonds. The van der Waals surface area contributed by atoms with Crippen LogP contribution in [0.4, 0.5) is 13.2 Å². The molecule has 0 aliphatic heterocycles. The summed E-state index contributed by atoms with van der Waals surface area (Å²) in [4.78, 5) is 0. The van der Waals surface area contributed by atoms with E-state index in [2.05, 4.69) is 0 Å². The van der Waals surface area contributed by atoms with Gasteiger partial charge in [0.05, 0.1) is 0 Å². The molecule has 4 heteroatoms. The van der Waals surface area contributed by atoms with Crippen molar-refractivity contribution in [1.29, 1.82) is 0 Å². The third kappa shape index (κ3) is 2.39. The summed E-state index contributed by atoms with van der Waals surface area (Å²) < 4.78 is 36.8. The summed E-state index contributed by atoms with van der Waals surface area (Å²) in [7, 11) is 0.